The minimum atomic E-state index is -3.46. The van der Waals surface area contributed by atoms with Gasteiger partial charge in [0.15, 0.2) is 0 Å². The summed E-state index contributed by atoms with van der Waals surface area (Å²) in [5.41, 5.74) is 2.58. The van der Waals surface area contributed by atoms with Crippen LogP contribution in [-0.4, -0.2) is 26.3 Å². The van der Waals surface area contributed by atoms with Crippen LogP contribution in [0, 0.1) is 0 Å². The maximum Gasteiger partial charge on any atom is 0.288 e. The van der Waals surface area contributed by atoms with Crippen molar-refractivity contribution in [1.82, 2.24) is 5.32 Å². The second-order valence-corrected chi connectivity index (χ2v) is 9.60. The molecule has 3 aromatic rings. The lowest BCUT2D eigenvalue weighted by Gasteiger charge is -2.14. The van der Waals surface area contributed by atoms with Gasteiger partial charge in [-0.3, -0.25) is 9.52 Å². The van der Waals surface area contributed by atoms with Crippen LogP contribution in [0.5, 0.6) is 0 Å². The topological polar surface area (TPSA) is 87.3 Å². The van der Waals surface area contributed by atoms with Crippen LogP contribution in [0.2, 0.25) is 0 Å². The van der Waals surface area contributed by atoms with E-state index in [1.165, 1.54) is 0 Å². The molecule has 0 aliphatic carbocycles. The zero-order valence-corrected chi connectivity index (χ0v) is 18.6. The largest absolute Gasteiger partial charge is 0.355 e. The highest BCUT2D eigenvalue weighted by Gasteiger charge is 2.13. The number of hydrogen-bond acceptors (Lipinski definition) is 5. The fourth-order valence-corrected chi connectivity index (χ4v) is 4.01. The fraction of sp³-hybridized carbons (Fsp3) is 0.136. The molecule has 0 atom stereocenters. The van der Waals surface area contributed by atoms with Gasteiger partial charge < -0.3 is 10.6 Å². The number of carbonyl (C=O) groups excluding carboxylic acids is 1. The van der Waals surface area contributed by atoms with Gasteiger partial charge in [-0.05, 0) is 48.0 Å². The Labute approximate surface area is 189 Å². The van der Waals surface area contributed by atoms with E-state index in [9.17, 15) is 22.0 Å². The quantitative estimate of drug-likeness (QED) is 0.376. The molecule has 0 unspecified atom stereocenters. The van der Waals surface area contributed by atoms with E-state index in [4.69, 9.17) is 0 Å². The standard InChI is InChI=1S/C22H21F2N3O3S2/c1-32(29,30)27-19-8-4-2-6-15(19)14-25-21(28)18-7-3-5-9-20(18)26-16-10-12-17(13-11-16)31-22(23)24/h2-13,22,26-27H,14H2,1H3,(H,25,28). The van der Waals surface area contributed by atoms with Crippen molar-refractivity contribution in [3.05, 3.63) is 83.9 Å². The summed E-state index contributed by atoms with van der Waals surface area (Å²) in [7, 11) is -3.46. The Hall–Kier alpha value is -3.11. The predicted octanol–water partition coefficient (Wildman–Crippen LogP) is 5.05. The summed E-state index contributed by atoms with van der Waals surface area (Å²) >= 11 is 0.462. The molecule has 6 nitrogen and oxygen atoms in total. The van der Waals surface area contributed by atoms with E-state index in [-0.39, 0.29) is 12.5 Å². The van der Waals surface area contributed by atoms with Gasteiger partial charge in [0.05, 0.1) is 23.2 Å². The number of alkyl halides is 2. The van der Waals surface area contributed by atoms with Crippen LogP contribution in [0.25, 0.3) is 0 Å². The highest BCUT2D eigenvalue weighted by molar-refractivity contribution is 7.99. The van der Waals surface area contributed by atoms with Gasteiger partial charge in [0.1, 0.15) is 0 Å². The predicted molar refractivity (Wildman–Crippen MR) is 124 cm³/mol. The molecule has 0 bridgehead atoms. The molecule has 3 aromatic carbocycles. The molecule has 168 valence electrons. The van der Waals surface area contributed by atoms with E-state index in [0.717, 1.165) is 6.26 Å². The number of hydrogen-bond donors (Lipinski definition) is 3. The highest BCUT2D eigenvalue weighted by Crippen LogP contribution is 2.28. The number of para-hydroxylation sites is 2. The van der Waals surface area contributed by atoms with Crippen LogP contribution >= 0.6 is 11.8 Å². The molecular weight excluding hydrogens is 456 g/mol. The number of carbonyl (C=O) groups is 1. The van der Waals surface area contributed by atoms with Gasteiger partial charge in [-0.15, -0.1) is 0 Å². The average Bonchev–Trinajstić information content (AvgIpc) is 2.73. The Morgan fingerprint density at radius 3 is 2.22 bits per heavy atom. The number of thioether (sulfide) groups is 1. The highest BCUT2D eigenvalue weighted by atomic mass is 32.2. The molecule has 10 heteroatoms. The van der Waals surface area contributed by atoms with Crippen molar-refractivity contribution in [2.24, 2.45) is 0 Å². The SMILES string of the molecule is CS(=O)(=O)Nc1ccccc1CNC(=O)c1ccccc1Nc1ccc(SC(F)F)cc1. The van der Waals surface area contributed by atoms with E-state index >= 15 is 0 Å². The summed E-state index contributed by atoms with van der Waals surface area (Å²) in [6.07, 6.45) is 1.06. The second kappa shape index (κ2) is 10.5. The molecule has 0 spiro atoms. The molecule has 0 aliphatic heterocycles. The van der Waals surface area contributed by atoms with Crippen LogP contribution in [0.15, 0.2) is 77.7 Å². The molecule has 0 saturated carbocycles. The summed E-state index contributed by atoms with van der Waals surface area (Å²) in [4.78, 5) is 13.3. The van der Waals surface area contributed by atoms with E-state index in [2.05, 4.69) is 15.4 Å². The van der Waals surface area contributed by atoms with Crippen molar-refractivity contribution in [3.8, 4) is 0 Å². The molecule has 1 amide bonds. The molecule has 0 aliphatic rings. The summed E-state index contributed by atoms with van der Waals surface area (Å²) in [5, 5.41) is 5.92. The Morgan fingerprint density at radius 2 is 1.56 bits per heavy atom. The van der Waals surface area contributed by atoms with Crippen molar-refractivity contribution < 1.29 is 22.0 Å². The lowest BCUT2D eigenvalue weighted by atomic mass is 10.1. The number of benzene rings is 3. The number of sulfonamides is 1. The van der Waals surface area contributed by atoms with Gasteiger partial charge in [0, 0.05) is 17.1 Å². The molecule has 0 aromatic heterocycles. The maximum absolute atomic E-state index is 12.8. The third-order valence-corrected chi connectivity index (χ3v) is 5.60. The Bertz CT molecular complexity index is 1190. The van der Waals surface area contributed by atoms with Crippen LogP contribution in [0.3, 0.4) is 0 Å². The van der Waals surface area contributed by atoms with Crippen LogP contribution in [0.4, 0.5) is 25.8 Å². The maximum atomic E-state index is 12.8. The van der Waals surface area contributed by atoms with Gasteiger partial charge in [-0.2, -0.15) is 8.78 Å². The van der Waals surface area contributed by atoms with E-state index in [0.29, 0.717) is 44.8 Å². The number of anilines is 3. The van der Waals surface area contributed by atoms with Crippen LogP contribution in [0.1, 0.15) is 15.9 Å². The number of rotatable bonds is 9. The normalized spacial score (nSPS) is 11.2. The molecule has 32 heavy (non-hydrogen) atoms. The molecular formula is C22H21F2N3O3S2. The van der Waals surface area contributed by atoms with Gasteiger partial charge in [-0.25, -0.2) is 8.42 Å². The van der Waals surface area contributed by atoms with Crippen molar-refractivity contribution in [1.29, 1.82) is 0 Å². The molecule has 0 saturated heterocycles. The van der Waals surface area contributed by atoms with E-state index < -0.39 is 15.8 Å². The lowest BCUT2D eigenvalue weighted by Crippen LogP contribution is -2.24. The smallest absolute Gasteiger partial charge is 0.288 e. The summed E-state index contributed by atoms with van der Waals surface area (Å²) in [6, 6.07) is 20.1. The van der Waals surface area contributed by atoms with Crippen molar-refractivity contribution in [3.63, 3.8) is 0 Å². The van der Waals surface area contributed by atoms with Gasteiger partial charge in [-0.1, -0.05) is 42.1 Å². The van der Waals surface area contributed by atoms with Gasteiger partial charge >= 0.3 is 0 Å². The third-order valence-electron chi connectivity index (χ3n) is 4.28. The van der Waals surface area contributed by atoms with Crippen LogP contribution < -0.4 is 15.4 Å². The summed E-state index contributed by atoms with van der Waals surface area (Å²) < 4.78 is 50.5. The van der Waals surface area contributed by atoms with Gasteiger partial charge in [0.2, 0.25) is 10.0 Å². The lowest BCUT2D eigenvalue weighted by molar-refractivity contribution is 0.0952. The first kappa shape index (κ1) is 23.6. The first-order valence-electron chi connectivity index (χ1n) is 9.46. The molecule has 3 rings (SSSR count). The van der Waals surface area contributed by atoms with Crippen molar-refractivity contribution in [2.75, 3.05) is 16.3 Å². The monoisotopic (exact) mass is 477 g/mol. The fourth-order valence-electron chi connectivity index (χ4n) is 2.91. The Balaban J connectivity index is 1.71. The molecule has 0 fully saturated rings. The van der Waals surface area contributed by atoms with Crippen molar-refractivity contribution >= 4 is 44.8 Å². The third kappa shape index (κ3) is 6.96. The number of amides is 1. The summed E-state index contributed by atoms with van der Waals surface area (Å²) in [6.45, 7) is 0.116. The van der Waals surface area contributed by atoms with Crippen molar-refractivity contribution in [2.45, 2.75) is 17.2 Å². The molecule has 3 N–H and O–H groups in total. The Kier molecular flexibility index (Phi) is 7.70. The first-order chi connectivity index (χ1) is 15.2. The molecule has 0 heterocycles. The number of nitrogens with one attached hydrogen (secondary N) is 3. The van der Waals surface area contributed by atoms with Gasteiger partial charge in [0.25, 0.3) is 11.7 Å². The second-order valence-electron chi connectivity index (χ2n) is 6.79. The molecule has 0 radical (unpaired) electrons. The Morgan fingerprint density at radius 1 is 0.938 bits per heavy atom. The number of halogens is 2. The zero-order valence-electron chi connectivity index (χ0n) is 17.0. The summed E-state index contributed by atoms with van der Waals surface area (Å²) in [5.74, 6) is -2.84. The first-order valence-corrected chi connectivity index (χ1v) is 12.2. The van der Waals surface area contributed by atoms with E-state index in [1.807, 2.05) is 0 Å². The zero-order chi connectivity index (χ0) is 23.1. The minimum Gasteiger partial charge on any atom is -0.355 e. The van der Waals surface area contributed by atoms with Crippen LogP contribution in [-0.2, 0) is 16.6 Å². The average molecular weight is 478 g/mol. The minimum absolute atomic E-state index is 0.116. The van der Waals surface area contributed by atoms with E-state index in [1.54, 1.807) is 72.8 Å².